The minimum absolute atomic E-state index is 0.917. The molecule has 10 rings (SSSR count). The molecule has 4 heteroatoms. The lowest BCUT2D eigenvalue weighted by Crippen LogP contribution is -1.90. The number of benzene rings is 6. The van der Waals surface area contributed by atoms with E-state index in [1.807, 2.05) is 11.3 Å². The summed E-state index contributed by atoms with van der Waals surface area (Å²) in [4.78, 5) is 10.6. The topological polar surface area (TPSA) is 30.2 Å². The minimum Gasteiger partial charge on any atom is -0.291 e. The molecule has 40 heavy (non-hydrogen) atoms. The summed E-state index contributed by atoms with van der Waals surface area (Å²) in [5.41, 5.74) is 8.54. The number of para-hydroxylation sites is 1. The fourth-order valence-corrected chi connectivity index (χ4v) is 7.77. The third kappa shape index (κ3) is 2.59. The molecule has 0 aliphatic heterocycles. The molecule has 4 aromatic heterocycles. The molecule has 4 heterocycles. The maximum Gasteiger partial charge on any atom is 0.165 e. The smallest absolute Gasteiger partial charge is 0.165 e. The SMILES string of the molecule is c1ccc2c(c1)ccc1nc3c(nc12)c1cc(-c2ccc4sc5ccccc5c4c2)cc2c4ccccc4n3c21. The fraction of sp³-hybridized carbons (Fsp3) is 0. The van der Waals surface area contributed by atoms with E-state index in [1.165, 1.54) is 58.5 Å². The van der Waals surface area contributed by atoms with Crippen LogP contribution in [-0.2, 0) is 0 Å². The largest absolute Gasteiger partial charge is 0.291 e. The second-order valence-corrected chi connectivity index (χ2v) is 11.7. The van der Waals surface area contributed by atoms with Crippen LogP contribution in [0.3, 0.4) is 0 Å². The van der Waals surface area contributed by atoms with Crippen molar-refractivity contribution in [2.24, 2.45) is 0 Å². The highest BCUT2D eigenvalue weighted by atomic mass is 32.1. The van der Waals surface area contributed by atoms with Gasteiger partial charge in [0.1, 0.15) is 5.52 Å². The summed E-state index contributed by atoms with van der Waals surface area (Å²) < 4.78 is 4.97. The van der Waals surface area contributed by atoms with Gasteiger partial charge in [0, 0.05) is 41.7 Å². The van der Waals surface area contributed by atoms with Gasteiger partial charge < -0.3 is 0 Å². The fourth-order valence-electron chi connectivity index (χ4n) is 6.69. The number of thiophene rings is 1. The molecule has 0 aliphatic carbocycles. The van der Waals surface area contributed by atoms with Gasteiger partial charge in [0.15, 0.2) is 5.65 Å². The van der Waals surface area contributed by atoms with Gasteiger partial charge in [-0.15, -0.1) is 11.3 Å². The maximum absolute atomic E-state index is 5.34. The molecular formula is C36H19N3S. The molecule has 0 aliphatic rings. The first kappa shape index (κ1) is 20.8. The summed E-state index contributed by atoms with van der Waals surface area (Å²) >= 11 is 1.86. The first-order valence-electron chi connectivity index (χ1n) is 13.5. The highest BCUT2D eigenvalue weighted by Crippen LogP contribution is 2.43. The van der Waals surface area contributed by atoms with Gasteiger partial charge in [-0.3, -0.25) is 4.40 Å². The summed E-state index contributed by atoms with van der Waals surface area (Å²) in [5.74, 6) is 0. The molecule has 0 spiro atoms. The third-order valence-corrected chi connectivity index (χ3v) is 9.64. The van der Waals surface area contributed by atoms with Crippen molar-refractivity contribution in [3.8, 4) is 11.1 Å². The molecule has 0 saturated carbocycles. The lowest BCUT2D eigenvalue weighted by molar-refractivity contribution is 1.28. The molecule has 0 amide bonds. The lowest BCUT2D eigenvalue weighted by atomic mass is 9.99. The summed E-state index contributed by atoms with van der Waals surface area (Å²) in [6.07, 6.45) is 0. The quantitative estimate of drug-likeness (QED) is 0.200. The van der Waals surface area contributed by atoms with E-state index in [0.717, 1.165) is 33.0 Å². The lowest BCUT2D eigenvalue weighted by Gasteiger charge is -2.06. The average molecular weight is 526 g/mol. The highest BCUT2D eigenvalue weighted by molar-refractivity contribution is 7.25. The van der Waals surface area contributed by atoms with Crippen LogP contribution in [0.15, 0.2) is 115 Å². The maximum atomic E-state index is 5.34. The Labute approximate surface area is 231 Å². The molecule has 10 aromatic rings. The Morgan fingerprint density at radius 3 is 2.20 bits per heavy atom. The van der Waals surface area contributed by atoms with E-state index < -0.39 is 0 Å². The van der Waals surface area contributed by atoms with Crippen molar-refractivity contribution in [3.63, 3.8) is 0 Å². The van der Waals surface area contributed by atoms with Crippen molar-refractivity contribution >= 4 is 91.7 Å². The zero-order valence-electron chi connectivity index (χ0n) is 21.2. The Bertz CT molecular complexity index is 2660. The summed E-state index contributed by atoms with van der Waals surface area (Å²) in [6, 6.07) is 41.6. The molecule has 0 saturated heterocycles. The van der Waals surface area contributed by atoms with E-state index in [2.05, 4.69) is 120 Å². The van der Waals surface area contributed by atoms with Gasteiger partial charge in [-0.1, -0.05) is 72.8 Å². The van der Waals surface area contributed by atoms with Gasteiger partial charge in [-0.25, -0.2) is 9.97 Å². The van der Waals surface area contributed by atoms with Gasteiger partial charge in [0.25, 0.3) is 0 Å². The average Bonchev–Trinajstić information content (AvgIpc) is 3.66. The van der Waals surface area contributed by atoms with Crippen molar-refractivity contribution in [2.45, 2.75) is 0 Å². The number of aromatic nitrogens is 3. The van der Waals surface area contributed by atoms with Crippen LogP contribution in [0.1, 0.15) is 0 Å². The van der Waals surface area contributed by atoms with E-state index >= 15 is 0 Å². The number of rotatable bonds is 1. The Kier molecular flexibility index (Phi) is 3.81. The predicted molar refractivity (Wildman–Crippen MR) is 170 cm³/mol. The van der Waals surface area contributed by atoms with Crippen LogP contribution in [0.4, 0.5) is 0 Å². The van der Waals surface area contributed by atoms with Crippen LogP contribution in [-0.4, -0.2) is 14.4 Å². The molecule has 0 atom stereocenters. The number of hydrogen-bond acceptors (Lipinski definition) is 3. The molecule has 3 nitrogen and oxygen atoms in total. The molecule has 6 aromatic carbocycles. The van der Waals surface area contributed by atoms with Crippen molar-refractivity contribution < 1.29 is 0 Å². The van der Waals surface area contributed by atoms with E-state index in [0.29, 0.717) is 0 Å². The van der Waals surface area contributed by atoms with Crippen LogP contribution in [0.5, 0.6) is 0 Å². The van der Waals surface area contributed by atoms with Crippen molar-refractivity contribution in [2.75, 3.05) is 0 Å². The van der Waals surface area contributed by atoms with Crippen LogP contribution >= 0.6 is 11.3 Å². The van der Waals surface area contributed by atoms with Crippen LogP contribution in [0, 0.1) is 0 Å². The van der Waals surface area contributed by atoms with Gasteiger partial charge in [0.2, 0.25) is 0 Å². The van der Waals surface area contributed by atoms with Gasteiger partial charge >= 0.3 is 0 Å². The van der Waals surface area contributed by atoms with Crippen LogP contribution in [0.25, 0.3) is 91.5 Å². The van der Waals surface area contributed by atoms with E-state index in [-0.39, 0.29) is 0 Å². The van der Waals surface area contributed by atoms with Crippen LogP contribution < -0.4 is 0 Å². The van der Waals surface area contributed by atoms with Gasteiger partial charge in [-0.2, -0.15) is 0 Å². The molecule has 0 bridgehead atoms. The molecular weight excluding hydrogens is 506 g/mol. The predicted octanol–water partition coefficient (Wildman–Crippen LogP) is 9.97. The number of fused-ring (bicyclic) bond motifs is 12. The normalized spacial score (nSPS) is 12.5. The molecule has 0 unspecified atom stereocenters. The second kappa shape index (κ2) is 7.32. The van der Waals surface area contributed by atoms with Crippen molar-refractivity contribution in [3.05, 3.63) is 115 Å². The Morgan fingerprint density at radius 2 is 1.25 bits per heavy atom. The van der Waals surface area contributed by atoms with Gasteiger partial charge in [0.05, 0.1) is 22.1 Å². The first-order valence-corrected chi connectivity index (χ1v) is 14.3. The summed E-state index contributed by atoms with van der Waals surface area (Å²) in [5, 5.41) is 8.59. The summed E-state index contributed by atoms with van der Waals surface area (Å²) in [6.45, 7) is 0. The highest BCUT2D eigenvalue weighted by Gasteiger charge is 2.21. The zero-order valence-corrected chi connectivity index (χ0v) is 22.0. The Balaban J connectivity index is 1.36. The Morgan fingerprint density at radius 1 is 0.500 bits per heavy atom. The molecule has 0 radical (unpaired) electrons. The van der Waals surface area contributed by atoms with E-state index in [1.54, 1.807) is 0 Å². The molecule has 0 N–H and O–H groups in total. The van der Waals surface area contributed by atoms with Gasteiger partial charge in [-0.05, 0) is 59.0 Å². The standard InChI is InChI=1S/C36H19N3S/c1-2-8-23-20(7-1)13-15-29-33(23)38-34-28-19-22(21-14-16-32-26(17-21)25-10-4-6-12-31(25)40-32)18-27-24-9-3-5-11-30(24)39(35(27)28)36(34)37-29/h1-19H. The molecule has 184 valence electrons. The number of nitrogens with zero attached hydrogens (tertiary/aromatic N) is 3. The summed E-state index contributed by atoms with van der Waals surface area (Å²) in [7, 11) is 0. The minimum atomic E-state index is 0.917. The van der Waals surface area contributed by atoms with E-state index in [9.17, 15) is 0 Å². The van der Waals surface area contributed by atoms with Crippen LogP contribution in [0.2, 0.25) is 0 Å². The zero-order chi connectivity index (χ0) is 25.9. The number of hydrogen-bond donors (Lipinski definition) is 0. The second-order valence-electron chi connectivity index (χ2n) is 10.6. The monoisotopic (exact) mass is 525 g/mol. The Hall–Kier alpha value is -5.06. The first-order chi connectivity index (χ1) is 19.8. The van der Waals surface area contributed by atoms with Crippen molar-refractivity contribution in [1.29, 1.82) is 0 Å². The molecule has 0 fully saturated rings. The van der Waals surface area contributed by atoms with E-state index in [4.69, 9.17) is 9.97 Å². The third-order valence-electron chi connectivity index (χ3n) is 8.49. The van der Waals surface area contributed by atoms with Crippen molar-refractivity contribution in [1.82, 2.24) is 14.4 Å².